The second-order valence-corrected chi connectivity index (χ2v) is 6.52. The highest BCUT2D eigenvalue weighted by molar-refractivity contribution is 5.85. The molecule has 0 aromatic heterocycles. The van der Waals surface area contributed by atoms with E-state index in [0.717, 1.165) is 12.8 Å². The molecule has 0 radical (unpaired) electrons. The van der Waals surface area contributed by atoms with Crippen LogP contribution >= 0.6 is 0 Å². The van der Waals surface area contributed by atoms with E-state index >= 15 is 0 Å². The van der Waals surface area contributed by atoms with Gasteiger partial charge in [0.1, 0.15) is 6.02 Å². The van der Waals surface area contributed by atoms with Crippen molar-refractivity contribution in [3.8, 4) is 0 Å². The van der Waals surface area contributed by atoms with Crippen LogP contribution in [0.4, 0.5) is 0 Å². The monoisotopic (exact) mass is 320 g/mol. The van der Waals surface area contributed by atoms with Gasteiger partial charge in [-0.3, -0.25) is 4.79 Å². The molecule has 2 rings (SSSR count). The van der Waals surface area contributed by atoms with Crippen LogP contribution in [0.3, 0.4) is 0 Å². The average molecular weight is 320 g/mol. The zero-order valence-corrected chi connectivity index (χ0v) is 13.7. The van der Waals surface area contributed by atoms with Crippen molar-refractivity contribution >= 4 is 11.9 Å². The van der Waals surface area contributed by atoms with Gasteiger partial charge in [-0.05, 0) is 43.1 Å². The van der Waals surface area contributed by atoms with Crippen molar-refractivity contribution in [2.75, 3.05) is 0 Å². The topological polar surface area (TPSA) is 66.4 Å². The van der Waals surface area contributed by atoms with Crippen LogP contribution in [0.15, 0.2) is 30.3 Å². The number of carbonyl (C=O) groups excluding carboxylic acids is 1. The summed E-state index contributed by atoms with van der Waals surface area (Å²) in [5.41, 5.74) is 0.0428. The third-order valence-electron chi connectivity index (χ3n) is 4.59. The van der Waals surface area contributed by atoms with E-state index < -0.39 is 24.3 Å². The fourth-order valence-corrected chi connectivity index (χ4v) is 3.08. The lowest BCUT2D eigenvalue weighted by Gasteiger charge is -2.30. The number of rotatable bonds is 6. The summed E-state index contributed by atoms with van der Waals surface area (Å²) in [5, 5.41) is 11.7. The first-order valence-electron chi connectivity index (χ1n) is 9.70. The Labute approximate surface area is 142 Å². The third kappa shape index (κ3) is 5.08. The zero-order chi connectivity index (χ0) is 19.5. The molecular formula is C19H27NO3. The van der Waals surface area contributed by atoms with Crippen LogP contribution in [0.1, 0.15) is 49.2 Å². The standard InChI is InChI=1S/C19H27NO3/c1-13(2)15-8-10-16(11-9-15)18(21)20-17(19(22)23)12-14-6-4-3-5-7-14/h3-7,13,15-17H,8-12H2,1-2H3,(H,20,21)(H,22,23)/i12D2,17D. The van der Waals surface area contributed by atoms with E-state index in [0.29, 0.717) is 24.7 Å². The SMILES string of the molecule is [2H]C(NC(=O)C1CCC(C(C)C)CC1)(C(=O)O)C([2H])([2H])c1ccccc1. The van der Waals surface area contributed by atoms with Crippen LogP contribution in [0.5, 0.6) is 0 Å². The molecule has 1 aliphatic rings. The molecule has 1 unspecified atom stereocenters. The van der Waals surface area contributed by atoms with E-state index in [-0.39, 0.29) is 11.5 Å². The van der Waals surface area contributed by atoms with Crippen molar-refractivity contribution in [1.82, 2.24) is 5.32 Å². The second-order valence-electron chi connectivity index (χ2n) is 6.52. The Morgan fingerprint density at radius 2 is 1.87 bits per heavy atom. The maximum Gasteiger partial charge on any atom is 0.326 e. The molecule has 4 heteroatoms. The van der Waals surface area contributed by atoms with Crippen molar-refractivity contribution < 1.29 is 18.8 Å². The molecule has 0 spiro atoms. The highest BCUT2D eigenvalue weighted by Crippen LogP contribution is 2.33. The minimum Gasteiger partial charge on any atom is -0.480 e. The third-order valence-corrected chi connectivity index (χ3v) is 4.59. The van der Waals surface area contributed by atoms with Crippen LogP contribution in [-0.2, 0) is 16.0 Å². The summed E-state index contributed by atoms with van der Waals surface area (Å²) in [7, 11) is 0. The molecule has 0 heterocycles. The van der Waals surface area contributed by atoms with Gasteiger partial charge >= 0.3 is 5.97 Å². The lowest BCUT2D eigenvalue weighted by atomic mass is 9.76. The van der Waals surface area contributed by atoms with Crippen molar-refractivity contribution in [2.24, 2.45) is 17.8 Å². The maximum atomic E-state index is 12.6. The Kier molecular flexibility index (Phi) is 4.81. The molecule has 4 nitrogen and oxygen atoms in total. The Morgan fingerprint density at radius 3 is 2.39 bits per heavy atom. The molecule has 1 aromatic carbocycles. The molecule has 126 valence electrons. The lowest BCUT2D eigenvalue weighted by Crippen LogP contribution is -2.45. The van der Waals surface area contributed by atoms with E-state index in [1.54, 1.807) is 18.2 Å². The molecule has 1 aromatic rings. The van der Waals surface area contributed by atoms with Crippen LogP contribution in [0, 0.1) is 17.8 Å². The number of carbonyl (C=O) groups is 2. The van der Waals surface area contributed by atoms with Crippen LogP contribution in [-0.4, -0.2) is 23.0 Å². The average Bonchev–Trinajstić information content (AvgIpc) is 2.62. The largest absolute Gasteiger partial charge is 0.480 e. The first-order chi connectivity index (χ1) is 12.1. The van der Waals surface area contributed by atoms with E-state index in [1.807, 2.05) is 0 Å². The van der Waals surface area contributed by atoms with Gasteiger partial charge in [-0.25, -0.2) is 4.79 Å². The normalized spacial score (nSPS) is 26.5. The summed E-state index contributed by atoms with van der Waals surface area (Å²) in [6, 6.07) is 4.88. The van der Waals surface area contributed by atoms with E-state index in [4.69, 9.17) is 4.11 Å². The highest BCUT2D eigenvalue weighted by atomic mass is 16.4. The Balaban J connectivity index is 2.17. The van der Waals surface area contributed by atoms with Gasteiger partial charge in [0.15, 0.2) is 0 Å². The maximum absolute atomic E-state index is 12.6. The minimum absolute atomic E-state index is 0.0428. The van der Waals surface area contributed by atoms with Gasteiger partial charge in [-0.15, -0.1) is 0 Å². The highest BCUT2D eigenvalue weighted by Gasteiger charge is 2.30. The second kappa shape index (κ2) is 8.14. The van der Waals surface area contributed by atoms with Crippen LogP contribution in [0.25, 0.3) is 0 Å². The van der Waals surface area contributed by atoms with Gasteiger partial charge in [0.2, 0.25) is 5.91 Å². The number of carboxylic acid groups (broad SMARTS) is 1. The summed E-state index contributed by atoms with van der Waals surface area (Å²) < 4.78 is 24.7. The molecule has 1 aliphatic carbocycles. The fourth-order valence-electron chi connectivity index (χ4n) is 3.08. The molecule has 0 aliphatic heterocycles. The van der Waals surface area contributed by atoms with Crippen molar-refractivity contribution in [3.63, 3.8) is 0 Å². The number of hydrogen-bond acceptors (Lipinski definition) is 2. The van der Waals surface area contributed by atoms with Gasteiger partial charge in [-0.2, -0.15) is 0 Å². The number of benzene rings is 1. The van der Waals surface area contributed by atoms with Crippen molar-refractivity contribution in [3.05, 3.63) is 35.9 Å². The lowest BCUT2D eigenvalue weighted by molar-refractivity contribution is -0.142. The van der Waals surface area contributed by atoms with Gasteiger partial charge in [0.25, 0.3) is 0 Å². The number of hydrogen-bond donors (Lipinski definition) is 2. The Bertz CT molecular complexity index is 643. The van der Waals surface area contributed by atoms with Crippen molar-refractivity contribution in [1.29, 1.82) is 0 Å². The molecule has 1 atom stereocenters. The summed E-state index contributed by atoms with van der Waals surface area (Å²) in [4.78, 5) is 24.4. The first-order valence-corrected chi connectivity index (χ1v) is 8.20. The fraction of sp³-hybridized carbons (Fsp3) is 0.579. The number of aliphatic carboxylic acids is 1. The van der Waals surface area contributed by atoms with E-state index in [9.17, 15) is 14.7 Å². The van der Waals surface area contributed by atoms with Crippen LogP contribution < -0.4 is 5.32 Å². The van der Waals surface area contributed by atoms with Crippen LogP contribution in [0.2, 0.25) is 0 Å². The first kappa shape index (κ1) is 13.6. The van der Waals surface area contributed by atoms with Gasteiger partial charge < -0.3 is 10.4 Å². The predicted octanol–water partition coefficient (Wildman–Crippen LogP) is 3.26. The zero-order valence-electron chi connectivity index (χ0n) is 16.7. The molecule has 2 N–H and O–H groups in total. The Hall–Kier alpha value is -1.84. The Morgan fingerprint density at radius 1 is 1.26 bits per heavy atom. The molecular weight excluding hydrogens is 290 g/mol. The van der Waals surface area contributed by atoms with Gasteiger partial charge in [0.05, 0.1) is 1.37 Å². The minimum atomic E-state index is -2.79. The molecule has 1 saturated carbocycles. The van der Waals surface area contributed by atoms with Gasteiger partial charge in [-0.1, -0.05) is 44.2 Å². The number of nitrogens with one attached hydrogen (secondary N) is 1. The molecule has 0 bridgehead atoms. The predicted molar refractivity (Wildman–Crippen MR) is 90.0 cm³/mol. The quantitative estimate of drug-likeness (QED) is 0.845. The molecule has 23 heavy (non-hydrogen) atoms. The summed E-state index contributed by atoms with van der Waals surface area (Å²) in [5.74, 6) is -1.55. The molecule has 1 amide bonds. The smallest absolute Gasteiger partial charge is 0.326 e. The van der Waals surface area contributed by atoms with Crippen molar-refractivity contribution in [2.45, 2.75) is 51.9 Å². The van der Waals surface area contributed by atoms with E-state index in [2.05, 4.69) is 19.2 Å². The summed E-state index contributed by atoms with van der Waals surface area (Å²) in [6.45, 7) is 4.30. The molecule has 1 fully saturated rings. The van der Waals surface area contributed by atoms with Gasteiger partial charge in [0, 0.05) is 15.0 Å². The van der Waals surface area contributed by atoms with E-state index in [1.165, 1.54) is 12.1 Å². The number of amides is 1. The number of carboxylic acids is 1. The summed E-state index contributed by atoms with van der Waals surface area (Å²) >= 11 is 0. The summed E-state index contributed by atoms with van der Waals surface area (Å²) in [6.07, 6.45) is 0.473. The molecule has 0 saturated heterocycles.